The predicted octanol–water partition coefficient (Wildman–Crippen LogP) is 4.67. The molecule has 0 aromatic heterocycles. The number of benzene rings is 2. The first-order chi connectivity index (χ1) is 17.1. The van der Waals surface area contributed by atoms with Gasteiger partial charge in [0.1, 0.15) is 17.2 Å². The van der Waals surface area contributed by atoms with Crippen molar-refractivity contribution in [2.45, 2.75) is 44.1 Å². The minimum Gasteiger partial charge on any atom is -0.508 e. The Labute approximate surface area is 207 Å². The lowest BCUT2D eigenvalue weighted by molar-refractivity contribution is -0.274. The fourth-order valence-electron chi connectivity index (χ4n) is 4.37. The lowest BCUT2D eigenvalue weighted by Crippen LogP contribution is -2.41. The number of carbonyl (C=O) groups is 1. The Morgan fingerprint density at radius 3 is 2.69 bits per heavy atom. The fourth-order valence-corrected chi connectivity index (χ4v) is 4.37. The molecule has 2 aliphatic rings. The molecule has 7 nitrogen and oxygen atoms in total. The third-order valence-electron chi connectivity index (χ3n) is 6.06. The van der Waals surface area contributed by atoms with Crippen LogP contribution in [0.4, 0.5) is 24.5 Å². The van der Waals surface area contributed by atoms with Crippen molar-refractivity contribution >= 4 is 17.3 Å². The number of hydrogen-bond donors (Lipinski definition) is 3. The SMILES string of the molecule is CN(C)CC#Cc1cc(C2CCCC2)c(O)cc1NC(=O)[C@@H]1CNc2cc(OC(F)(F)F)ccc2O1. The molecule has 1 amide bonds. The topological polar surface area (TPSA) is 83.1 Å². The number of rotatable bonds is 5. The second-order valence-corrected chi connectivity index (χ2v) is 9.16. The summed E-state index contributed by atoms with van der Waals surface area (Å²) in [7, 11) is 3.81. The summed E-state index contributed by atoms with van der Waals surface area (Å²) in [6.07, 6.45) is -1.53. The molecular weight excluding hydrogens is 475 g/mol. The molecule has 1 aliphatic carbocycles. The van der Waals surface area contributed by atoms with Crippen molar-refractivity contribution in [3.8, 4) is 29.1 Å². The van der Waals surface area contributed by atoms with Gasteiger partial charge in [-0.3, -0.25) is 9.69 Å². The van der Waals surface area contributed by atoms with Gasteiger partial charge in [-0.15, -0.1) is 13.2 Å². The maximum absolute atomic E-state index is 13.0. The summed E-state index contributed by atoms with van der Waals surface area (Å²) in [5, 5.41) is 16.4. The molecule has 0 bridgehead atoms. The number of nitrogens with zero attached hydrogens (tertiary/aromatic N) is 1. The van der Waals surface area contributed by atoms with Crippen LogP contribution in [-0.2, 0) is 4.79 Å². The lowest BCUT2D eigenvalue weighted by atomic mass is 9.94. The average Bonchev–Trinajstić information content (AvgIpc) is 3.33. The van der Waals surface area contributed by atoms with Crippen molar-refractivity contribution in [3.63, 3.8) is 0 Å². The second kappa shape index (κ2) is 10.6. The molecule has 0 radical (unpaired) electrons. The average molecular weight is 504 g/mol. The molecule has 2 aromatic rings. The minimum atomic E-state index is -4.81. The number of anilines is 2. The minimum absolute atomic E-state index is 0.0298. The van der Waals surface area contributed by atoms with Gasteiger partial charge in [0.15, 0.2) is 6.10 Å². The zero-order valence-corrected chi connectivity index (χ0v) is 20.0. The van der Waals surface area contributed by atoms with E-state index in [0.29, 0.717) is 17.8 Å². The van der Waals surface area contributed by atoms with Crippen LogP contribution in [0.15, 0.2) is 30.3 Å². The molecule has 1 saturated carbocycles. The Balaban J connectivity index is 1.52. The van der Waals surface area contributed by atoms with Crippen molar-refractivity contribution in [3.05, 3.63) is 41.5 Å². The molecule has 1 fully saturated rings. The number of nitrogens with one attached hydrogen (secondary N) is 2. The Morgan fingerprint density at radius 2 is 2.00 bits per heavy atom. The van der Waals surface area contributed by atoms with Crippen LogP contribution < -0.4 is 20.1 Å². The smallest absolute Gasteiger partial charge is 0.508 e. The second-order valence-electron chi connectivity index (χ2n) is 9.16. The zero-order valence-electron chi connectivity index (χ0n) is 20.0. The first-order valence-electron chi connectivity index (χ1n) is 11.7. The molecule has 0 unspecified atom stereocenters. The Morgan fingerprint density at radius 1 is 1.25 bits per heavy atom. The van der Waals surface area contributed by atoms with E-state index in [9.17, 15) is 23.1 Å². The number of phenols is 1. The molecule has 0 spiro atoms. The number of ether oxygens (including phenoxy) is 2. The summed E-state index contributed by atoms with van der Waals surface area (Å²) < 4.78 is 47.1. The number of carbonyl (C=O) groups excluding carboxylic acids is 1. The molecule has 36 heavy (non-hydrogen) atoms. The Bertz CT molecular complexity index is 1180. The number of aromatic hydroxyl groups is 1. The van der Waals surface area contributed by atoms with Crippen molar-refractivity contribution in [2.75, 3.05) is 37.8 Å². The molecule has 10 heteroatoms. The van der Waals surface area contributed by atoms with Gasteiger partial charge in [-0.25, -0.2) is 0 Å². The maximum Gasteiger partial charge on any atom is 0.573 e. The molecule has 2 aromatic carbocycles. The van der Waals surface area contributed by atoms with Gasteiger partial charge < -0.3 is 25.2 Å². The molecule has 0 saturated heterocycles. The van der Waals surface area contributed by atoms with E-state index in [2.05, 4.69) is 27.2 Å². The summed E-state index contributed by atoms with van der Waals surface area (Å²) in [6, 6.07) is 6.96. The van der Waals surface area contributed by atoms with Crippen LogP contribution in [-0.4, -0.2) is 55.6 Å². The number of alkyl halides is 3. The molecule has 1 atom stereocenters. The molecule has 1 heterocycles. The summed E-state index contributed by atoms with van der Waals surface area (Å²) in [5.74, 6) is 5.91. The molecular formula is C26H28F3N3O4. The van der Waals surface area contributed by atoms with Gasteiger partial charge in [0.25, 0.3) is 5.91 Å². The third kappa shape index (κ3) is 6.34. The van der Waals surface area contributed by atoms with Gasteiger partial charge in [0.05, 0.1) is 24.5 Å². The number of hydrogen-bond acceptors (Lipinski definition) is 6. The number of amides is 1. The van der Waals surface area contributed by atoms with Crippen LogP contribution in [0.2, 0.25) is 0 Å². The Kier molecular flexibility index (Phi) is 7.50. The highest BCUT2D eigenvalue weighted by Crippen LogP contribution is 2.41. The van der Waals surface area contributed by atoms with Crippen LogP contribution >= 0.6 is 0 Å². The number of halogens is 3. The van der Waals surface area contributed by atoms with Gasteiger partial charge in [0, 0.05) is 17.7 Å². The van der Waals surface area contributed by atoms with E-state index < -0.39 is 18.4 Å². The quantitative estimate of drug-likeness (QED) is 0.515. The number of fused-ring (bicyclic) bond motifs is 1. The highest BCUT2D eigenvalue weighted by atomic mass is 19.4. The molecule has 4 rings (SSSR count). The summed E-state index contributed by atoms with van der Waals surface area (Å²) in [5.41, 5.74) is 2.09. The molecule has 192 valence electrons. The highest BCUT2D eigenvalue weighted by Gasteiger charge is 2.32. The van der Waals surface area contributed by atoms with Gasteiger partial charge in [0.2, 0.25) is 0 Å². The van der Waals surface area contributed by atoms with E-state index >= 15 is 0 Å². The van der Waals surface area contributed by atoms with Crippen molar-refractivity contribution in [1.29, 1.82) is 0 Å². The zero-order chi connectivity index (χ0) is 25.9. The van der Waals surface area contributed by atoms with Crippen molar-refractivity contribution in [2.24, 2.45) is 0 Å². The molecule has 1 aliphatic heterocycles. The third-order valence-corrected chi connectivity index (χ3v) is 6.06. The van der Waals surface area contributed by atoms with Gasteiger partial charge in [-0.05, 0) is 56.6 Å². The van der Waals surface area contributed by atoms with Crippen LogP contribution in [0.5, 0.6) is 17.2 Å². The summed E-state index contributed by atoms with van der Waals surface area (Å²) >= 11 is 0. The Hall–Kier alpha value is -3.58. The van der Waals surface area contributed by atoms with E-state index in [1.165, 1.54) is 12.1 Å². The fraction of sp³-hybridized carbons (Fsp3) is 0.423. The normalized spacial score (nSPS) is 17.4. The van der Waals surface area contributed by atoms with Crippen LogP contribution in [0.25, 0.3) is 0 Å². The first-order valence-corrected chi connectivity index (χ1v) is 11.7. The van der Waals surface area contributed by atoms with Crippen LogP contribution in [0.1, 0.15) is 42.7 Å². The lowest BCUT2D eigenvalue weighted by Gasteiger charge is -2.27. The van der Waals surface area contributed by atoms with Gasteiger partial charge >= 0.3 is 6.36 Å². The number of phenolic OH excluding ortho intramolecular Hbond substituents is 1. The van der Waals surface area contributed by atoms with Crippen LogP contribution in [0, 0.1) is 11.8 Å². The van der Waals surface area contributed by atoms with Gasteiger partial charge in [-0.2, -0.15) is 0 Å². The van der Waals surface area contributed by atoms with Crippen molar-refractivity contribution < 1.29 is 32.5 Å². The largest absolute Gasteiger partial charge is 0.573 e. The van der Waals surface area contributed by atoms with E-state index in [0.717, 1.165) is 43.4 Å². The highest BCUT2D eigenvalue weighted by molar-refractivity contribution is 5.96. The monoisotopic (exact) mass is 503 g/mol. The standard InChI is InChI=1S/C26H28F3N3O4/c1-32(2)11-5-8-17-12-19(16-6-3-4-7-16)22(33)14-20(17)31-25(34)24-15-30-21-13-18(36-26(27,28)29)9-10-23(21)35-24/h9-10,12-14,16,24,30,33H,3-4,6-7,11,15H2,1-2H3,(H,31,34)/t24-/m0/s1. The first kappa shape index (κ1) is 25.5. The summed E-state index contributed by atoms with van der Waals surface area (Å²) in [4.78, 5) is 15.0. The predicted molar refractivity (Wildman–Crippen MR) is 129 cm³/mol. The summed E-state index contributed by atoms with van der Waals surface area (Å²) in [6.45, 7) is 0.557. The van der Waals surface area contributed by atoms with E-state index in [1.807, 2.05) is 25.1 Å². The van der Waals surface area contributed by atoms with E-state index in [4.69, 9.17) is 4.74 Å². The van der Waals surface area contributed by atoms with Crippen LogP contribution in [0.3, 0.4) is 0 Å². The van der Waals surface area contributed by atoms with E-state index in [1.54, 1.807) is 0 Å². The van der Waals surface area contributed by atoms with E-state index in [-0.39, 0.29) is 35.4 Å². The maximum atomic E-state index is 13.0. The molecule has 3 N–H and O–H groups in total. The van der Waals surface area contributed by atoms with Crippen molar-refractivity contribution in [1.82, 2.24) is 4.90 Å². The van der Waals surface area contributed by atoms with Gasteiger partial charge in [-0.1, -0.05) is 24.7 Å².